The van der Waals surface area contributed by atoms with Crippen LogP contribution in [0, 0.1) is 5.82 Å². The van der Waals surface area contributed by atoms with E-state index in [1.807, 2.05) is 4.90 Å². The average molecular weight is 292 g/mol. The zero-order chi connectivity index (χ0) is 14.8. The molecule has 2 fully saturated rings. The maximum Gasteiger partial charge on any atom is 0.260 e. The van der Waals surface area contributed by atoms with Crippen molar-refractivity contribution in [1.29, 1.82) is 0 Å². The van der Waals surface area contributed by atoms with Crippen LogP contribution in [0.25, 0.3) is 0 Å². The molecule has 2 unspecified atom stereocenters. The van der Waals surface area contributed by atoms with Gasteiger partial charge in [0, 0.05) is 18.6 Å². The summed E-state index contributed by atoms with van der Waals surface area (Å²) in [7, 11) is 1.46. The van der Waals surface area contributed by atoms with Gasteiger partial charge in [-0.3, -0.25) is 4.79 Å². The highest BCUT2D eigenvalue weighted by Gasteiger charge is 2.37. The van der Waals surface area contributed by atoms with Crippen molar-refractivity contribution in [2.24, 2.45) is 0 Å². The Morgan fingerprint density at radius 2 is 2.24 bits per heavy atom. The number of nitrogens with zero attached hydrogens (tertiary/aromatic N) is 1. The molecule has 2 heterocycles. The Balaban J connectivity index is 1.87. The second-order valence-electron chi connectivity index (χ2n) is 5.73. The summed E-state index contributed by atoms with van der Waals surface area (Å²) in [4.78, 5) is 14.6. The van der Waals surface area contributed by atoms with Gasteiger partial charge in [-0.05, 0) is 44.4 Å². The van der Waals surface area contributed by atoms with Crippen molar-refractivity contribution in [1.82, 2.24) is 10.2 Å². The van der Waals surface area contributed by atoms with E-state index in [0.29, 0.717) is 18.3 Å². The average Bonchev–Trinajstić information content (AvgIpc) is 3.16. The topological polar surface area (TPSA) is 41.6 Å². The molecule has 4 nitrogen and oxygen atoms in total. The molecule has 1 aromatic carbocycles. The maximum absolute atomic E-state index is 14.1. The van der Waals surface area contributed by atoms with Crippen LogP contribution in [0.15, 0.2) is 18.2 Å². The van der Waals surface area contributed by atoms with Gasteiger partial charge in [-0.15, -0.1) is 0 Å². The molecule has 0 saturated carbocycles. The first-order valence-corrected chi connectivity index (χ1v) is 7.59. The van der Waals surface area contributed by atoms with Crippen LogP contribution in [0.2, 0.25) is 0 Å². The van der Waals surface area contributed by atoms with Crippen molar-refractivity contribution in [2.45, 2.75) is 37.8 Å². The van der Waals surface area contributed by atoms with Crippen molar-refractivity contribution >= 4 is 5.91 Å². The fraction of sp³-hybridized carbons (Fsp3) is 0.562. The van der Waals surface area contributed by atoms with Crippen molar-refractivity contribution in [3.8, 4) is 5.75 Å². The molecule has 3 rings (SSSR count). The number of nitrogens with one attached hydrogen (secondary N) is 1. The first-order valence-electron chi connectivity index (χ1n) is 7.59. The van der Waals surface area contributed by atoms with Gasteiger partial charge in [-0.1, -0.05) is 6.07 Å². The van der Waals surface area contributed by atoms with Gasteiger partial charge in [0.15, 0.2) is 0 Å². The molecule has 2 aliphatic rings. The molecular formula is C16H21FN2O2. The zero-order valence-electron chi connectivity index (χ0n) is 12.3. The normalized spacial score (nSPS) is 25.3. The number of carbonyl (C=O) groups excluding carboxylic acids is 1. The maximum atomic E-state index is 14.1. The van der Waals surface area contributed by atoms with Crippen molar-refractivity contribution in [2.75, 3.05) is 20.2 Å². The van der Waals surface area contributed by atoms with Crippen molar-refractivity contribution in [3.63, 3.8) is 0 Å². The van der Waals surface area contributed by atoms with Gasteiger partial charge in [-0.2, -0.15) is 0 Å². The van der Waals surface area contributed by atoms with Crippen LogP contribution in [0.5, 0.6) is 5.75 Å². The minimum absolute atomic E-state index is 0.0601. The molecule has 21 heavy (non-hydrogen) atoms. The molecule has 0 aromatic heterocycles. The Morgan fingerprint density at radius 3 is 2.95 bits per heavy atom. The number of ether oxygens (including phenoxy) is 1. The molecule has 5 heteroatoms. The first-order chi connectivity index (χ1) is 10.2. The van der Waals surface area contributed by atoms with Crippen LogP contribution in [-0.2, 0) is 0 Å². The lowest BCUT2D eigenvalue weighted by Gasteiger charge is -2.30. The molecule has 2 atom stereocenters. The molecule has 1 aromatic rings. The lowest BCUT2D eigenvalue weighted by atomic mass is 10.0. The predicted molar refractivity (Wildman–Crippen MR) is 78.0 cm³/mol. The Labute approximate surface area is 124 Å². The van der Waals surface area contributed by atoms with E-state index >= 15 is 0 Å². The van der Waals surface area contributed by atoms with E-state index in [1.54, 1.807) is 12.1 Å². The second kappa shape index (κ2) is 6.02. The fourth-order valence-corrected chi connectivity index (χ4v) is 3.53. The molecule has 0 spiro atoms. The Kier molecular flexibility index (Phi) is 4.10. The van der Waals surface area contributed by atoms with Crippen LogP contribution < -0.4 is 10.1 Å². The molecule has 1 N–H and O–H groups in total. The van der Waals surface area contributed by atoms with E-state index < -0.39 is 5.82 Å². The third-order valence-electron chi connectivity index (χ3n) is 4.53. The number of hydrogen-bond donors (Lipinski definition) is 1. The third-order valence-corrected chi connectivity index (χ3v) is 4.53. The zero-order valence-corrected chi connectivity index (χ0v) is 12.3. The van der Waals surface area contributed by atoms with Crippen molar-refractivity contribution in [3.05, 3.63) is 29.6 Å². The highest BCUT2D eigenvalue weighted by molar-refractivity contribution is 5.97. The number of likely N-dealkylation sites (tertiary alicyclic amines) is 1. The number of hydrogen-bond acceptors (Lipinski definition) is 3. The lowest BCUT2D eigenvalue weighted by molar-refractivity contribution is 0.0703. The second-order valence-corrected chi connectivity index (χ2v) is 5.73. The lowest BCUT2D eigenvalue weighted by Crippen LogP contribution is -2.46. The van der Waals surface area contributed by atoms with E-state index in [0.717, 1.165) is 32.2 Å². The fourth-order valence-electron chi connectivity index (χ4n) is 3.53. The summed E-state index contributed by atoms with van der Waals surface area (Å²) in [6.45, 7) is 1.70. The van der Waals surface area contributed by atoms with Crippen molar-refractivity contribution < 1.29 is 13.9 Å². The number of rotatable bonds is 3. The largest absolute Gasteiger partial charge is 0.496 e. The molecule has 2 aliphatic heterocycles. The monoisotopic (exact) mass is 292 g/mol. The van der Waals surface area contributed by atoms with Crippen LogP contribution in [0.4, 0.5) is 4.39 Å². The Morgan fingerprint density at radius 1 is 1.38 bits per heavy atom. The standard InChI is InChI=1S/C16H21FN2O2/c1-21-14-8-2-5-11(17)15(14)16(20)19-10-4-7-13(19)12-6-3-9-18-12/h2,5,8,12-13,18H,3-4,6-7,9-10H2,1H3. The quantitative estimate of drug-likeness (QED) is 0.928. The van der Waals surface area contributed by atoms with Crippen LogP contribution in [0.3, 0.4) is 0 Å². The SMILES string of the molecule is COc1cccc(F)c1C(=O)N1CCCC1C1CCCN1. The van der Waals surface area contributed by atoms with Crippen LogP contribution in [-0.4, -0.2) is 43.1 Å². The third kappa shape index (κ3) is 2.62. The molecule has 1 amide bonds. The summed E-state index contributed by atoms with van der Waals surface area (Å²) in [6.07, 6.45) is 4.20. The van der Waals surface area contributed by atoms with Gasteiger partial charge >= 0.3 is 0 Å². The van der Waals surface area contributed by atoms with Crippen LogP contribution in [0.1, 0.15) is 36.0 Å². The highest BCUT2D eigenvalue weighted by Crippen LogP contribution is 2.30. The van der Waals surface area contributed by atoms with E-state index in [1.165, 1.54) is 13.2 Å². The number of amides is 1. The summed E-state index contributed by atoms with van der Waals surface area (Å²) >= 11 is 0. The van der Waals surface area contributed by atoms with Gasteiger partial charge < -0.3 is 15.0 Å². The Hall–Kier alpha value is -1.62. The number of methoxy groups -OCH3 is 1. The van der Waals surface area contributed by atoms with E-state index in [2.05, 4.69) is 5.32 Å². The predicted octanol–water partition coefficient (Wildman–Crippen LogP) is 2.19. The highest BCUT2D eigenvalue weighted by atomic mass is 19.1. The van der Waals surface area contributed by atoms with E-state index in [4.69, 9.17) is 4.74 Å². The Bertz CT molecular complexity index is 529. The summed E-state index contributed by atoms with van der Waals surface area (Å²) in [5.41, 5.74) is 0.0601. The first kappa shape index (κ1) is 14.3. The smallest absolute Gasteiger partial charge is 0.260 e. The summed E-state index contributed by atoms with van der Waals surface area (Å²) in [6, 6.07) is 5.02. The molecule has 0 aliphatic carbocycles. The van der Waals surface area contributed by atoms with Gasteiger partial charge in [0.25, 0.3) is 5.91 Å². The van der Waals surface area contributed by atoms with Gasteiger partial charge in [-0.25, -0.2) is 4.39 Å². The summed E-state index contributed by atoms with van der Waals surface area (Å²) in [5, 5.41) is 3.46. The molecule has 0 bridgehead atoms. The van der Waals surface area contributed by atoms with E-state index in [-0.39, 0.29) is 17.5 Å². The molecule has 114 valence electrons. The number of carbonyl (C=O) groups is 1. The van der Waals surface area contributed by atoms with Gasteiger partial charge in [0.1, 0.15) is 17.1 Å². The van der Waals surface area contributed by atoms with Gasteiger partial charge in [0.05, 0.1) is 7.11 Å². The molecule has 2 saturated heterocycles. The number of halogens is 1. The van der Waals surface area contributed by atoms with Gasteiger partial charge in [0.2, 0.25) is 0 Å². The number of benzene rings is 1. The summed E-state index contributed by atoms with van der Waals surface area (Å²) < 4.78 is 19.3. The summed E-state index contributed by atoms with van der Waals surface area (Å²) in [5.74, 6) is -0.449. The van der Waals surface area contributed by atoms with E-state index in [9.17, 15) is 9.18 Å². The minimum Gasteiger partial charge on any atom is -0.496 e. The van der Waals surface area contributed by atoms with Crippen LogP contribution >= 0.6 is 0 Å². The molecular weight excluding hydrogens is 271 g/mol. The minimum atomic E-state index is -0.510. The molecule has 0 radical (unpaired) electrons.